The minimum Gasteiger partial charge on any atom is -0.463 e. The fourth-order valence-corrected chi connectivity index (χ4v) is 3.79. The van der Waals surface area contributed by atoms with Gasteiger partial charge in [-0.15, -0.1) is 0 Å². The van der Waals surface area contributed by atoms with Crippen molar-refractivity contribution in [1.29, 1.82) is 0 Å². The van der Waals surface area contributed by atoms with Gasteiger partial charge in [-0.05, 0) is 52.2 Å². The minimum atomic E-state index is -1.39. The zero-order valence-corrected chi connectivity index (χ0v) is 20.5. The molecule has 1 aromatic rings. The highest BCUT2D eigenvalue weighted by Gasteiger charge is 2.42. The Morgan fingerprint density at radius 3 is 1.94 bits per heavy atom. The number of anilines is 1. The Bertz CT molecular complexity index is 1000. The number of para-hydroxylation sites is 1. The summed E-state index contributed by atoms with van der Waals surface area (Å²) in [6.07, 6.45) is 0.714. The van der Waals surface area contributed by atoms with Crippen LogP contribution in [-0.2, 0) is 39.8 Å². The summed E-state index contributed by atoms with van der Waals surface area (Å²) in [7, 11) is 0. The van der Waals surface area contributed by atoms with Crippen LogP contribution in [0, 0.1) is 12.8 Å². The number of hydrogen-bond acceptors (Lipinski definition) is 8. The van der Waals surface area contributed by atoms with Crippen LogP contribution in [0.3, 0.4) is 0 Å². The second kappa shape index (κ2) is 12.0. The van der Waals surface area contributed by atoms with Crippen molar-refractivity contribution < 1.29 is 33.4 Å². The Hall–Kier alpha value is -3.62. The molecule has 1 aliphatic heterocycles. The molecule has 184 valence electrons. The molecule has 0 fully saturated rings. The molecule has 1 aromatic carbocycles. The molecule has 1 amide bonds. The first kappa shape index (κ1) is 26.6. The van der Waals surface area contributed by atoms with E-state index in [1.807, 2.05) is 32.0 Å². The third kappa shape index (κ3) is 6.03. The molecular formula is C25H32N2O7. The van der Waals surface area contributed by atoms with Gasteiger partial charge >= 0.3 is 17.9 Å². The second-order valence-corrected chi connectivity index (χ2v) is 7.69. The summed E-state index contributed by atoms with van der Waals surface area (Å²) < 4.78 is 15.5. The van der Waals surface area contributed by atoms with Crippen molar-refractivity contribution in [2.45, 2.75) is 48.0 Å². The van der Waals surface area contributed by atoms with E-state index in [0.717, 1.165) is 11.1 Å². The maximum atomic E-state index is 13.2. The van der Waals surface area contributed by atoms with Gasteiger partial charge < -0.3 is 24.8 Å². The summed E-state index contributed by atoms with van der Waals surface area (Å²) in [6.45, 7) is 9.85. The number of amides is 1. The van der Waals surface area contributed by atoms with Crippen LogP contribution in [0.2, 0.25) is 0 Å². The lowest BCUT2D eigenvalue weighted by Crippen LogP contribution is -2.39. The molecular weight excluding hydrogens is 440 g/mol. The highest BCUT2D eigenvalue weighted by Crippen LogP contribution is 2.32. The topological polar surface area (TPSA) is 120 Å². The Kier molecular flexibility index (Phi) is 9.41. The quantitative estimate of drug-likeness (QED) is 0.416. The SMILES string of the molecule is CCOC(=O)C1=C(C)NC(C)=C(C(=O)OCC)C1C(=O)OCC(=O)Nc1c(C)cccc1CC. The van der Waals surface area contributed by atoms with E-state index in [9.17, 15) is 19.2 Å². The molecule has 2 rings (SSSR count). The second-order valence-electron chi connectivity index (χ2n) is 7.69. The Labute approximate surface area is 199 Å². The van der Waals surface area contributed by atoms with Gasteiger partial charge in [0.15, 0.2) is 6.61 Å². The highest BCUT2D eigenvalue weighted by atomic mass is 16.5. The van der Waals surface area contributed by atoms with E-state index in [2.05, 4.69) is 10.6 Å². The number of benzene rings is 1. The monoisotopic (exact) mass is 472 g/mol. The maximum absolute atomic E-state index is 13.2. The van der Waals surface area contributed by atoms with E-state index in [4.69, 9.17) is 14.2 Å². The van der Waals surface area contributed by atoms with Crippen molar-refractivity contribution >= 4 is 29.5 Å². The third-order valence-corrected chi connectivity index (χ3v) is 5.34. The number of esters is 3. The number of carbonyl (C=O) groups is 4. The van der Waals surface area contributed by atoms with Crippen LogP contribution in [0.5, 0.6) is 0 Å². The van der Waals surface area contributed by atoms with Crippen LogP contribution in [-0.4, -0.2) is 43.6 Å². The van der Waals surface area contributed by atoms with Gasteiger partial charge in [-0.25, -0.2) is 9.59 Å². The number of carbonyl (C=O) groups excluding carboxylic acids is 4. The summed E-state index contributed by atoms with van der Waals surface area (Å²) >= 11 is 0. The summed E-state index contributed by atoms with van der Waals surface area (Å²) in [5.41, 5.74) is 3.07. The van der Waals surface area contributed by atoms with Crippen molar-refractivity contribution in [3.05, 3.63) is 51.9 Å². The molecule has 0 bridgehead atoms. The number of rotatable bonds is 9. The number of allylic oxidation sites excluding steroid dienone is 2. The standard InChI is InChI=1S/C25H32N2O7/c1-7-17-12-10-11-14(4)22(17)27-18(28)13-34-25(31)21-19(23(29)32-8-2)15(5)26-16(6)20(21)24(30)33-9-3/h10-12,21,26H,7-9,13H2,1-6H3,(H,27,28). The van der Waals surface area contributed by atoms with Gasteiger partial charge in [-0.3, -0.25) is 9.59 Å². The molecule has 2 N–H and O–H groups in total. The first-order chi connectivity index (χ1) is 16.2. The summed E-state index contributed by atoms with van der Waals surface area (Å²) in [5, 5.41) is 5.71. The maximum Gasteiger partial charge on any atom is 0.337 e. The van der Waals surface area contributed by atoms with Crippen LogP contribution in [0.15, 0.2) is 40.7 Å². The van der Waals surface area contributed by atoms with Crippen LogP contribution in [0.1, 0.15) is 45.7 Å². The fraction of sp³-hybridized carbons (Fsp3) is 0.440. The van der Waals surface area contributed by atoms with E-state index in [1.54, 1.807) is 27.7 Å². The summed E-state index contributed by atoms with van der Waals surface area (Å²) in [5.74, 6) is -4.39. The average molecular weight is 473 g/mol. The van der Waals surface area contributed by atoms with E-state index in [0.29, 0.717) is 23.5 Å². The van der Waals surface area contributed by atoms with Crippen LogP contribution < -0.4 is 10.6 Å². The molecule has 9 heteroatoms. The molecule has 0 atom stereocenters. The molecule has 0 saturated carbocycles. The van der Waals surface area contributed by atoms with Gasteiger partial charge in [0.2, 0.25) is 0 Å². The zero-order valence-electron chi connectivity index (χ0n) is 20.5. The predicted octanol–water partition coefficient (Wildman–Crippen LogP) is 2.93. The van der Waals surface area contributed by atoms with Crippen LogP contribution >= 0.6 is 0 Å². The van der Waals surface area contributed by atoms with Gasteiger partial charge in [-0.1, -0.05) is 25.1 Å². The number of aryl methyl sites for hydroxylation is 2. The largest absolute Gasteiger partial charge is 0.463 e. The highest BCUT2D eigenvalue weighted by molar-refractivity contribution is 6.06. The van der Waals surface area contributed by atoms with Crippen molar-refractivity contribution in [3.8, 4) is 0 Å². The first-order valence-electron chi connectivity index (χ1n) is 11.2. The molecule has 0 aromatic heterocycles. The van der Waals surface area contributed by atoms with E-state index in [1.165, 1.54) is 0 Å². The smallest absolute Gasteiger partial charge is 0.337 e. The molecule has 1 heterocycles. The molecule has 0 unspecified atom stereocenters. The zero-order chi connectivity index (χ0) is 25.4. The molecule has 34 heavy (non-hydrogen) atoms. The molecule has 0 aliphatic carbocycles. The van der Waals surface area contributed by atoms with Gasteiger partial charge in [0.1, 0.15) is 5.92 Å². The number of nitrogens with one attached hydrogen (secondary N) is 2. The van der Waals surface area contributed by atoms with Gasteiger partial charge in [0.25, 0.3) is 5.91 Å². The van der Waals surface area contributed by atoms with Crippen molar-refractivity contribution in [3.63, 3.8) is 0 Å². The predicted molar refractivity (Wildman–Crippen MR) is 125 cm³/mol. The lowest BCUT2D eigenvalue weighted by atomic mass is 9.85. The average Bonchev–Trinajstić information content (AvgIpc) is 2.78. The van der Waals surface area contributed by atoms with Crippen LogP contribution in [0.4, 0.5) is 5.69 Å². The third-order valence-electron chi connectivity index (χ3n) is 5.34. The van der Waals surface area contributed by atoms with Crippen LogP contribution in [0.25, 0.3) is 0 Å². The molecule has 0 radical (unpaired) electrons. The van der Waals surface area contributed by atoms with Crippen molar-refractivity contribution in [2.24, 2.45) is 5.92 Å². The lowest BCUT2D eigenvalue weighted by molar-refractivity contribution is -0.153. The summed E-state index contributed by atoms with van der Waals surface area (Å²) in [6, 6.07) is 5.67. The molecule has 9 nitrogen and oxygen atoms in total. The van der Waals surface area contributed by atoms with Gasteiger partial charge in [0.05, 0.1) is 24.4 Å². The molecule has 0 saturated heterocycles. The number of ether oxygens (including phenoxy) is 3. The van der Waals surface area contributed by atoms with E-state index in [-0.39, 0.29) is 24.4 Å². The normalized spacial score (nSPS) is 13.8. The Morgan fingerprint density at radius 1 is 0.882 bits per heavy atom. The number of hydrogen-bond donors (Lipinski definition) is 2. The van der Waals surface area contributed by atoms with E-state index >= 15 is 0 Å². The lowest BCUT2D eigenvalue weighted by Gasteiger charge is -2.28. The number of dihydropyridines is 1. The van der Waals surface area contributed by atoms with Crippen molar-refractivity contribution in [1.82, 2.24) is 5.32 Å². The molecule has 0 spiro atoms. The first-order valence-corrected chi connectivity index (χ1v) is 11.2. The molecule has 1 aliphatic rings. The minimum absolute atomic E-state index is 0.0620. The summed E-state index contributed by atoms with van der Waals surface area (Å²) in [4.78, 5) is 51.1. The van der Waals surface area contributed by atoms with Gasteiger partial charge in [0, 0.05) is 17.1 Å². The van der Waals surface area contributed by atoms with E-state index < -0.39 is 36.3 Å². The Balaban J connectivity index is 2.29. The van der Waals surface area contributed by atoms with Crippen molar-refractivity contribution in [2.75, 3.05) is 25.1 Å². The fourth-order valence-electron chi connectivity index (χ4n) is 3.79. The Morgan fingerprint density at radius 2 is 1.44 bits per heavy atom. The van der Waals surface area contributed by atoms with Gasteiger partial charge in [-0.2, -0.15) is 0 Å².